The van der Waals surface area contributed by atoms with E-state index in [0.29, 0.717) is 25.8 Å². The molecule has 1 fully saturated rings. The molecule has 0 aromatic heterocycles. The van der Waals surface area contributed by atoms with Gasteiger partial charge in [-0.2, -0.15) is 8.42 Å². The van der Waals surface area contributed by atoms with Crippen LogP contribution in [0.4, 0.5) is 0 Å². The fourth-order valence-corrected chi connectivity index (χ4v) is 9.68. The molecule has 0 saturated carbocycles. The first-order valence-electron chi connectivity index (χ1n) is 24.3. The minimum Gasteiger partial charge on any atom is -0.394 e. The number of aliphatic hydroxyl groups excluding tert-OH is 8. The number of unbranched alkanes of at least 4 members (excludes halogenated alkanes) is 17. The van der Waals surface area contributed by atoms with Crippen molar-refractivity contribution in [3.63, 3.8) is 0 Å². The largest absolute Gasteiger partial charge is 0.394 e. The first-order valence-corrected chi connectivity index (χ1v) is 25.8. The highest BCUT2D eigenvalue weighted by molar-refractivity contribution is 7.86. The Bertz CT molecular complexity index is 1930. The number of hydrogen-bond acceptors (Lipinski definition) is 15. The van der Waals surface area contributed by atoms with Crippen molar-refractivity contribution in [2.75, 3.05) is 32.8 Å². The first kappa shape index (κ1) is 56.4. The molecule has 9 N–H and O–H groups in total. The standard InChI is InChI=1S/C48H76N2O16S/c1-2-3-4-5-6-9-12-15-18-24-39(55)49(29-35(53)41(56)45(36(54)30-51)66-48-44(59)43(58)42(57)37(31-52)65-48)27-19-16-13-10-7-8-11-14-17-20-28-50-46(60)33-23-21-22-32-38(67(62,63)64)26-25-34(40(32)33)47(50)61/h21-23,25-26,35-37,41-45,48,51-54,56-59H,2-20,24,27-31H2,1H3,(H,62,63,64)/t35-,36+,37+,41+,42-,43-,44+,45+,48-/m0/s1. The van der Waals surface area contributed by atoms with Crippen molar-refractivity contribution in [3.8, 4) is 0 Å². The van der Waals surface area contributed by atoms with Gasteiger partial charge in [0.05, 0.1) is 13.2 Å². The fourth-order valence-electron chi connectivity index (χ4n) is 8.99. The van der Waals surface area contributed by atoms with Crippen LogP contribution in [0.15, 0.2) is 35.2 Å². The summed E-state index contributed by atoms with van der Waals surface area (Å²) in [5.74, 6) is -1.20. The number of hydrogen-bond donors (Lipinski definition) is 9. The molecule has 2 heterocycles. The Morgan fingerprint density at radius 2 is 1.28 bits per heavy atom. The zero-order chi connectivity index (χ0) is 49.1. The summed E-state index contributed by atoms with van der Waals surface area (Å²) in [7, 11) is -4.56. The maximum atomic E-state index is 13.6. The number of imide groups is 1. The number of carbonyl (C=O) groups excluding carboxylic acids is 3. The second kappa shape index (κ2) is 28.5. The van der Waals surface area contributed by atoms with E-state index in [0.717, 1.165) is 77.0 Å². The lowest BCUT2D eigenvalue weighted by Gasteiger charge is -2.42. The second-order valence-electron chi connectivity index (χ2n) is 18.1. The predicted molar refractivity (Wildman–Crippen MR) is 247 cm³/mol. The van der Waals surface area contributed by atoms with Gasteiger partial charge >= 0.3 is 0 Å². The van der Waals surface area contributed by atoms with Crippen LogP contribution < -0.4 is 0 Å². The summed E-state index contributed by atoms with van der Waals surface area (Å²) < 4.78 is 44.4. The van der Waals surface area contributed by atoms with Crippen LogP contribution in [0.25, 0.3) is 10.8 Å². The molecule has 18 nitrogen and oxygen atoms in total. The highest BCUT2D eigenvalue weighted by Crippen LogP contribution is 2.34. The molecule has 2 aromatic rings. The molecular formula is C48H76N2O16S. The predicted octanol–water partition coefficient (Wildman–Crippen LogP) is 3.59. The monoisotopic (exact) mass is 968 g/mol. The number of nitrogens with zero attached hydrogens (tertiary/aromatic N) is 2. The van der Waals surface area contributed by atoms with E-state index in [-0.39, 0.29) is 52.2 Å². The quantitative estimate of drug-likeness (QED) is 0.0281. The Morgan fingerprint density at radius 1 is 0.731 bits per heavy atom. The van der Waals surface area contributed by atoms with Gasteiger partial charge in [-0.15, -0.1) is 0 Å². The second-order valence-corrected chi connectivity index (χ2v) is 19.5. The summed E-state index contributed by atoms with van der Waals surface area (Å²) in [5, 5.41) is 83.5. The van der Waals surface area contributed by atoms with E-state index in [9.17, 15) is 68.2 Å². The molecule has 67 heavy (non-hydrogen) atoms. The first-order chi connectivity index (χ1) is 32.1. The zero-order valence-electron chi connectivity index (χ0n) is 38.9. The van der Waals surface area contributed by atoms with Gasteiger partial charge in [0.2, 0.25) is 5.91 Å². The Labute approximate surface area is 394 Å². The lowest BCUT2D eigenvalue weighted by Crippen LogP contribution is -2.61. The molecular weight excluding hydrogens is 893 g/mol. The van der Waals surface area contributed by atoms with Gasteiger partial charge in [-0.05, 0) is 37.5 Å². The van der Waals surface area contributed by atoms with Crippen molar-refractivity contribution in [3.05, 3.63) is 41.5 Å². The number of aliphatic hydroxyl groups is 8. The van der Waals surface area contributed by atoms with E-state index < -0.39 is 90.3 Å². The average molecular weight is 969 g/mol. The van der Waals surface area contributed by atoms with Crippen molar-refractivity contribution >= 4 is 38.6 Å². The van der Waals surface area contributed by atoms with E-state index >= 15 is 0 Å². The molecule has 2 aliphatic heterocycles. The zero-order valence-corrected chi connectivity index (χ0v) is 39.8. The van der Waals surface area contributed by atoms with Gasteiger partial charge in [0.15, 0.2) is 6.29 Å². The van der Waals surface area contributed by atoms with Gasteiger partial charge < -0.3 is 55.2 Å². The highest BCUT2D eigenvalue weighted by Gasteiger charge is 2.47. The van der Waals surface area contributed by atoms with Gasteiger partial charge in [-0.3, -0.25) is 23.8 Å². The Morgan fingerprint density at radius 3 is 1.85 bits per heavy atom. The van der Waals surface area contributed by atoms with Crippen LogP contribution in [0.5, 0.6) is 0 Å². The van der Waals surface area contributed by atoms with Gasteiger partial charge in [-0.1, -0.05) is 122 Å². The summed E-state index contributed by atoms with van der Waals surface area (Å²) in [6.07, 6.45) is 2.91. The number of rotatable bonds is 33. The van der Waals surface area contributed by atoms with Crippen LogP contribution in [-0.2, 0) is 24.4 Å². The van der Waals surface area contributed by atoms with Gasteiger partial charge in [-0.25, -0.2) is 0 Å². The Kier molecular flexibility index (Phi) is 24.0. The smallest absolute Gasteiger partial charge is 0.295 e. The highest BCUT2D eigenvalue weighted by atomic mass is 32.2. The average Bonchev–Trinajstić information content (AvgIpc) is 3.31. The topological polar surface area (TPSA) is 292 Å². The molecule has 4 rings (SSSR count). The molecule has 1 saturated heterocycles. The normalized spacial score (nSPS) is 21.7. The van der Waals surface area contributed by atoms with Crippen molar-refractivity contribution in [2.24, 2.45) is 0 Å². The van der Waals surface area contributed by atoms with E-state index in [1.807, 2.05) is 0 Å². The maximum absolute atomic E-state index is 13.6. The lowest BCUT2D eigenvalue weighted by atomic mass is 9.94. The number of benzene rings is 2. The molecule has 380 valence electrons. The molecule has 0 bridgehead atoms. The minimum atomic E-state index is -4.56. The molecule has 3 amide bonds. The number of carbonyl (C=O) groups is 3. The third kappa shape index (κ3) is 16.2. The van der Waals surface area contributed by atoms with Crippen LogP contribution in [-0.4, -0.2) is 169 Å². The summed E-state index contributed by atoms with van der Waals surface area (Å²) >= 11 is 0. The third-order valence-electron chi connectivity index (χ3n) is 13.0. The summed E-state index contributed by atoms with van der Waals surface area (Å²) in [5.41, 5.74) is 0.433. The molecule has 0 spiro atoms. The summed E-state index contributed by atoms with van der Waals surface area (Å²) in [4.78, 5) is 42.5. The third-order valence-corrected chi connectivity index (χ3v) is 13.9. The fraction of sp³-hybridized carbons (Fsp3) is 0.729. The van der Waals surface area contributed by atoms with Crippen LogP contribution >= 0.6 is 0 Å². The van der Waals surface area contributed by atoms with Crippen LogP contribution in [0.3, 0.4) is 0 Å². The minimum absolute atomic E-state index is 0.126. The number of ether oxygens (including phenoxy) is 2. The van der Waals surface area contributed by atoms with E-state index in [2.05, 4.69) is 6.92 Å². The van der Waals surface area contributed by atoms with Crippen molar-refractivity contribution in [1.29, 1.82) is 0 Å². The van der Waals surface area contributed by atoms with Crippen LogP contribution in [0, 0.1) is 0 Å². The maximum Gasteiger partial charge on any atom is 0.295 e. The molecule has 0 radical (unpaired) electrons. The molecule has 0 unspecified atom stereocenters. The summed E-state index contributed by atoms with van der Waals surface area (Å²) in [6.45, 7) is 0.723. The SMILES string of the molecule is CCCCCCCCCCCC(=O)N(CCCCCCCCCCCCN1C(=O)c2cccc3c(S(=O)(=O)O)ccc(c23)C1=O)C[C@H](O)[C@@H](O)[C@H](O[C@@H]1O[C@H](CO)[C@H](O)[C@H](O)[C@H]1O)[C@H](O)CO. The molecule has 0 aliphatic carbocycles. The van der Waals surface area contributed by atoms with Crippen molar-refractivity contribution in [1.82, 2.24) is 9.80 Å². The van der Waals surface area contributed by atoms with Crippen LogP contribution in [0.1, 0.15) is 156 Å². The van der Waals surface area contributed by atoms with Gasteiger partial charge in [0, 0.05) is 48.0 Å². The Hall–Kier alpha value is -3.18. The summed E-state index contributed by atoms with van der Waals surface area (Å²) in [6, 6.07) is 7.05. The molecule has 19 heteroatoms. The molecule has 9 atom stereocenters. The van der Waals surface area contributed by atoms with Gasteiger partial charge in [0.1, 0.15) is 53.7 Å². The van der Waals surface area contributed by atoms with E-state index in [1.165, 1.54) is 59.7 Å². The molecule has 2 aromatic carbocycles. The van der Waals surface area contributed by atoms with E-state index in [1.54, 1.807) is 6.07 Å². The molecule has 2 aliphatic rings. The van der Waals surface area contributed by atoms with Crippen LogP contribution in [0.2, 0.25) is 0 Å². The lowest BCUT2D eigenvalue weighted by molar-refractivity contribution is -0.327. The van der Waals surface area contributed by atoms with E-state index in [4.69, 9.17) is 9.47 Å². The number of amides is 3. The van der Waals surface area contributed by atoms with Crippen molar-refractivity contribution in [2.45, 2.75) is 195 Å². The van der Waals surface area contributed by atoms with Gasteiger partial charge in [0.25, 0.3) is 21.9 Å². The van der Waals surface area contributed by atoms with Crippen molar-refractivity contribution < 1.29 is 77.7 Å². The Balaban J connectivity index is 1.20.